The molecule has 1 aromatic carbocycles. The van der Waals surface area contributed by atoms with Crippen molar-refractivity contribution in [2.75, 3.05) is 55.7 Å². The molecule has 158 valence electrons. The number of hydrogen-bond donors (Lipinski definition) is 2. The van der Waals surface area contributed by atoms with Crippen LogP contribution in [0.1, 0.15) is 0 Å². The van der Waals surface area contributed by atoms with Gasteiger partial charge in [0.25, 0.3) is 0 Å². The van der Waals surface area contributed by atoms with Gasteiger partial charge < -0.3 is 19.9 Å². The fourth-order valence-corrected chi connectivity index (χ4v) is 5.31. The highest BCUT2D eigenvalue weighted by molar-refractivity contribution is 7.23. The van der Waals surface area contributed by atoms with Crippen molar-refractivity contribution in [2.45, 2.75) is 0 Å². The van der Waals surface area contributed by atoms with Crippen LogP contribution in [0.15, 0.2) is 30.5 Å². The summed E-state index contributed by atoms with van der Waals surface area (Å²) in [5.41, 5.74) is 2.75. The normalized spacial score (nSPS) is 17.7. The summed E-state index contributed by atoms with van der Waals surface area (Å²) in [6.07, 6.45) is 1.81. The van der Waals surface area contributed by atoms with E-state index in [2.05, 4.69) is 20.4 Å². The van der Waals surface area contributed by atoms with Gasteiger partial charge in [-0.3, -0.25) is 9.89 Å². The molecule has 2 aliphatic rings. The average molecular weight is 436 g/mol. The standard InChI is InChI=1S/C21H21N7O2S/c29-17-12-22-4-5-28(17)18-10-16-19(31-18)21(27-6-8-30-9-7-27)25-20(24-16)13-2-1-3-15-14(13)11-23-26-15/h1-3,10-11,22H,4-9,12H2,(H,23,26). The first kappa shape index (κ1) is 18.7. The lowest BCUT2D eigenvalue weighted by molar-refractivity contribution is -0.118. The van der Waals surface area contributed by atoms with Crippen LogP contribution in [0.5, 0.6) is 0 Å². The van der Waals surface area contributed by atoms with Crippen LogP contribution in [0.2, 0.25) is 0 Å². The molecule has 1 amide bonds. The number of benzene rings is 1. The van der Waals surface area contributed by atoms with Crippen LogP contribution in [-0.4, -0.2) is 72.0 Å². The van der Waals surface area contributed by atoms with Gasteiger partial charge in [-0.15, -0.1) is 11.3 Å². The Labute approximate surface area is 182 Å². The Hall–Kier alpha value is -3.08. The minimum atomic E-state index is 0.0853. The third-order valence-corrected chi connectivity index (χ3v) is 6.88. The molecule has 0 aliphatic carbocycles. The van der Waals surface area contributed by atoms with Crippen LogP contribution in [-0.2, 0) is 9.53 Å². The Kier molecular flexibility index (Phi) is 4.55. The van der Waals surface area contributed by atoms with E-state index in [1.165, 1.54) is 0 Å². The maximum atomic E-state index is 12.5. The molecular formula is C21H21N7O2S. The van der Waals surface area contributed by atoms with Gasteiger partial charge in [-0.2, -0.15) is 5.10 Å². The minimum Gasteiger partial charge on any atom is -0.378 e. The summed E-state index contributed by atoms with van der Waals surface area (Å²) in [7, 11) is 0. The molecule has 2 aliphatic heterocycles. The molecule has 0 spiro atoms. The number of ether oxygens (including phenoxy) is 1. The summed E-state index contributed by atoms with van der Waals surface area (Å²) in [6.45, 7) is 4.72. The number of carbonyl (C=O) groups is 1. The van der Waals surface area contributed by atoms with Crippen molar-refractivity contribution in [3.63, 3.8) is 0 Å². The third-order valence-electron chi connectivity index (χ3n) is 5.73. The highest BCUT2D eigenvalue weighted by Crippen LogP contribution is 2.39. The molecule has 10 heteroatoms. The fraction of sp³-hybridized carbons (Fsp3) is 0.333. The molecule has 0 saturated carbocycles. The van der Waals surface area contributed by atoms with Crippen molar-refractivity contribution < 1.29 is 9.53 Å². The summed E-state index contributed by atoms with van der Waals surface area (Å²) in [4.78, 5) is 26.5. The number of thiophene rings is 1. The molecule has 31 heavy (non-hydrogen) atoms. The maximum Gasteiger partial charge on any atom is 0.241 e. The second-order valence-electron chi connectivity index (χ2n) is 7.63. The molecule has 0 bridgehead atoms. The number of aromatic nitrogens is 4. The highest BCUT2D eigenvalue weighted by Gasteiger charge is 2.25. The van der Waals surface area contributed by atoms with Crippen molar-refractivity contribution in [3.05, 3.63) is 30.5 Å². The summed E-state index contributed by atoms with van der Waals surface area (Å²) < 4.78 is 6.56. The lowest BCUT2D eigenvalue weighted by Crippen LogP contribution is -2.47. The predicted octanol–water partition coefficient (Wildman–Crippen LogP) is 2.01. The first-order chi connectivity index (χ1) is 15.3. The molecule has 0 atom stereocenters. The van der Waals surface area contributed by atoms with Crippen molar-refractivity contribution in [2.24, 2.45) is 0 Å². The molecule has 2 fully saturated rings. The average Bonchev–Trinajstić information content (AvgIpc) is 3.46. The van der Waals surface area contributed by atoms with E-state index in [0.29, 0.717) is 32.1 Å². The first-order valence-electron chi connectivity index (χ1n) is 10.4. The lowest BCUT2D eigenvalue weighted by Gasteiger charge is -2.28. The highest BCUT2D eigenvalue weighted by atomic mass is 32.1. The largest absolute Gasteiger partial charge is 0.378 e. The number of fused-ring (bicyclic) bond motifs is 2. The number of aromatic amines is 1. The molecule has 0 unspecified atom stereocenters. The van der Waals surface area contributed by atoms with Crippen LogP contribution < -0.4 is 15.1 Å². The number of nitrogens with one attached hydrogen (secondary N) is 2. The molecule has 2 saturated heterocycles. The van der Waals surface area contributed by atoms with Crippen LogP contribution in [0.4, 0.5) is 10.8 Å². The zero-order chi connectivity index (χ0) is 20.8. The van der Waals surface area contributed by atoms with E-state index in [0.717, 1.165) is 57.1 Å². The van der Waals surface area contributed by atoms with E-state index in [1.54, 1.807) is 11.3 Å². The van der Waals surface area contributed by atoms with Crippen LogP contribution in [0, 0.1) is 0 Å². The second-order valence-corrected chi connectivity index (χ2v) is 8.66. The summed E-state index contributed by atoms with van der Waals surface area (Å²) in [5, 5.41) is 12.2. The molecule has 4 aromatic rings. The zero-order valence-electron chi connectivity index (χ0n) is 16.8. The summed E-state index contributed by atoms with van der Waals surface area (Å²) in [5.74, 6) is 1.65. The van der Waals surface area contributed by atoms with Gasteiger partial charge in [-0.05, 0) is 12.1 Å². The molecule has 0 radical (unpaired) electrons. The van der Waals surface area contributed by atoms with Crippen LogP contribution in [0.3, 0.4) is 0 Å². The number of piperazine rings is 1. The number of amides is 1. The Morgan fingerprint density at radius 1 is 1.13 bits per heavy atom. The molecule has 3 aromatic heterocycles. The van der Waals surface area contributed by atoms with Gasteiger partial charge in [-0.25, -0.2) is 9.97 Å². The van der Waals surface area contributed by atoms with Gasteiger partial charge in [0.1, 0.15) is 5.00 Å². The molecule has 6 rings (SSSR count). The Bertz CT molecular complexity index is 1280. The van der Waals surface area contributed by atoms with Crippen molar-refractivity contribution in [1.82, 2.24) is 25.5 Å². The van der Waals surface area contributed by atoms with E-state index in [-0.39, 0.29) is 5.91 Å². The van der Waals surface area contributed by atoms with E-state index < -0.39 is 0 Å². The van der Waals surface area contributed by atoms with E-state index >= 15 is 0 Å². The molecule has 2 N–H and O–H groups in total. The number of H-pyrrole nitrogens is 1. The number of carbonyl (C=O) groups excluding carboxylic acids is 1. The quantitative estimate of drug-likeness (QED) is 0.508. The maximum absolute atomic E-state index is 12.5. The fourth-order valence-electron chi connectivity index (χ4n) is 4.15. The van der Waals surface area contributed by atoms with Gasteiger partial charge in [0, 0.05) is 37.1 Å². The smallest absolute Gasteiger partial charge is 0.241 e. The van der Waals surface area contributed by atoms with Crippen molar-refractivity contribution in [3.8, 4) is 11.4 Å². The number of rotatable bonds is 3. The number of morpholine rings is 1. The first-order valence-corrected chi connectivity index (χ1v) is 11.2. The van der Waals surface area contributed by atoms with E-state index in [1.807, 2.05) is 35.4 Å². The van der Waals surface area contributed by atoms with Gasteiger partial charge in [-0.1, -0.05) is 12.1 Å². The Morgan fingerprint density at radius 2 is 2.03 bits per heavy atom. The SMILES string of the molecule is O=C1CNCCN1c1cc2nc(-c3cccc4[nH]ncc34)nc(N3CCOCC3)c2s1. The van der Waals surface area contributed by atoms with Crippen molar-refractivity contribution in [1.29, 1.82) is 0 Å². The Morgan fingerprint density at radius 3 is 2.90 bits per heavy atom. The number of nitrogens with zero attached hydrogens (tertiary/aromatic N) is 5. The van der Waals surface area contributed by atoms with Crippen LogP contribution in [0.25, 0.3) is 32.5 Å². The monoisotopic (exact) mass is 435 g/mol. The van der Waals surface area contributed by atoms with Crippen molar-refractivity contribution >= 4 is 49.2 Å². The number of anilines is 2. The van der Waals surface area contributed by atoms with Gasteiger partial charge in [0.15, 0.2) is 11.6 Å². The molecule has 9 nitrogen and oxygen atoms in total. The van der Waals surface area contributed by atoms with E-state index in [4.69, 9.17) is 14.7 Å². The predicted molar refractivity (Wildman–Crippen MR) is 121 cm³/mol. The lowest BCUT2D eigenvalue weighted by atomic mass is 10.1. The third kappa shape index (κ3) is 3.23. The minimum absolute atomic E-state index is 0.0853. The van der Waals surface area contributed by atoms with Crippen LogP contribution >= 0.6 is 11.3 Å². The summed E-state index contributed by atoms with van der Waals surface area (Å²) in [6, 6.07) is 8.02. The topological polar surface area (TPSA) is 99.3 Å². The second kappa shape index (κ2) is 7.56. The summed E-state index contributed by atoms with van der Waals surface area (Å²) >= 11 is 1.59. The van der Waals surface area contributed by atoms with Gasteiger partial charge in [0.05, 0.1) is 41.7 Å². The van der Waals surface area contributed by atoms with E-state index in [9.17, 15) is 4.79 Å². The van der Waals surface area contributed by atoms with Gasteiger partial charge >= 0.3 is 0 Å². The number of hydrogen-bond acceptors (Lipinski definition) is 8. The van der Waals surface area contributed by atoms with Gasteiger partial charge in [0.2, 0.25) is 5.91 Å². The zero-order valence-corrected chi connectivity index (χ0v) is 17.6. The molecular weight excluding hydrogens is 414 g/mol. The molecule has 5 heterocycles. The Balaban J connectivity index is 1.53.